The Morgan fingerprint density at radius 1 is 0.972 bits per heavy atom. The third-order valence-electron chi connectivity index (χ3n) is 5.70. The number of rotatable bonds is 7. The van der Waals surface area contributed by atoms with Crippen LogP contribution >= 0.6 is 11.6 Å². The molecule has 0 saturated heterocycles. The van der Waals surface area contributed by atoms with Crippen molar-refractivity contribution in [2.45, 2.75) is 6.29 Å². The van der Waals surface area contributed by atoms with Gasteiger partial charge in [0.05, 0.1) is 12.1 Å². The van der Waals surface area contributed by atoms with E-state index in [4.69, 9.17) is 21.6 Å². The van der Waals surface area contributed by atoms with Crippen LogP contribution in [-0.2, 0) is 0 Å². The number of benzene rings is 3. The molecule has 182 valence electrons. The van der Waals surface area contributed by atoms with Crippen LogP contribution in [0.1, 0.15) is 0 Å². The van der Waals surface area contributed by atoms with Crippen molar-refractivity contribution >= 4 is 51.5 Å². The molecule has 0 amide bonds. The number of nitrogens with one attached hydrogen (secondary N) is 4. The standard InChI is InChI=1S/C27H27ClN8/c1-36-26(32-20-8-4-2-5-9-20)34-25(35-27(36)33-21-10-6-3-7-11-21)31-17-16-30-23-14-15-29-24-18-19(28)12-13-22(23)24/h2-15,18,26,32H,16-17H2,1H3,(H,29,30)(H2,31,33,34,35). The molecule has 0 saturated carbocycles. The number of hydrogen-bond donors (Lipinski definition) is 4. The second-order valence-electron chi connectivity index (χ2n) is 8.25. The summed E-state index contributed by atoms with van der Waals surface area (Å²) in [6.45, 7) is 1.17. The minimum Gasteiger partial charge on any atom is -0.383 e. The van der Waals surface area contributed by atoms with E-state index in [1.54, 1.807) is 6.20 Å². The fourth-order valence-corrected chi connectivity index (χ4v) is 4.02. The number of halogens is 1. The van der Waals surface area contributed by atoms with Gasteiger partial charge >= 0.3 is 0 Å². The van der Waals surface area contributed by atoms with Crippen molar-refractivity contribution in [3.05, 3.63) is 96.1 Å². The number of anilines is 3. The lowest BCUT2D eigenvalue weighted by Gasteiger charge is -2.36. The molecule has 1 aromatic heterocycles. The van der Waals surface area contributed by atoms with Crippen LogP contribution in [0.4, 0.5) is 17.1 Å². The van der Waals surface area contributed by atoms with Gasteiger partial charge in [0, 0.05) is 47.3 Å². The molecule has 0 radical (unpaired) electrons. The van der Waals surface area contributed by atoms with Crippen LogP contribution in [-0.4, -0.2) is 48.2 Å². The van der Waals surface area contributed by atoms with Crippen LogP contribution in [0.5, 0.6) is 0 Å². The number of aromatic nitrogens is 1. The van der Waals surface area contributed by atoms with Gasteiger partial charge in [-0.05, 0) is 48.5 Å². The maximum atomic E-state index is 6.11. The lowest BCUT2D eigenvalue weighted by Crippen LogP contribution is -2.58. The highest BCUT2D eigenvalue weighted by Gasteiger charge is 2.25. The first-order chi connectivity index (χ1) is 17.7. The molecular weight excluding hydrogens is 472 g/mol. The SMILES string of the molecule is CN1C(Nc2ccccc2)=NC(=NCCNc2ccnc3cc(Cl)ccc23)NC1Nc1ccccc1. The van der Waals surface area contributed by atoms with E-state index in [-0.39, 0.29) is 6.29 Å². The van der Waals surface area contributed by atoms with Gasteiger partial charge in [-0.1, -0.05) is 48.0 Å². The van der Waals surface area contributed by atoms with E-state index in [0.717, 1.165) is 28.0 Å². The van der Waals surface area contributed by atoms with E-state index in [1.807, 2.05) is 96.9 Å². The average molecular weight is 499 g/mol. The monoisotopic (exact) mass is 498 g/mol. The van der Waals surface area contributed by atoms with Crippen LogP contribution in [0.3, 0.4) is 0 Å². The van der Waals surface area contributed by atoms with Gasteiger partial charge in [0.1, 0.15) is 0 Å². The van der Waals surface area contributed by atoms with Crippen LogP contribution in [0.25, 0.3) is 10.9 Å². The molecule has 4 aromatic rings. The molecule has 5 rings (SSSR count). The molecule has 1 aliphatic rings. The van der Waals surface area contributed by atoms with Crippen LogP contribution in [0, 0.1) is 0 Å². The Hall–Kier alpha value is -4.30. The van der Waals surface area contributed by atoms with Crippen LogP contribution in [0.15, 0.2) is 101 Å². The smallest absolute Gasteiger partial charge is 0.224 e. The number of nitrogens with zero attached hydrogens (tertiary/aromatic N) is 4. The number of aliphatic imine (C=N–C) groups is 2. The molecule has 2 heterocycles. The van der Waals surface area contributed by atoms with E-state index in [1.165, 1.54) is 0 Å². The zero-order valence-electron chi connectivity index (χ0n) is 19.8. The molecular formula is C27H27ClN8. The molecule has 9 heteroatoms. The van der Waals surface area contributed by atoms with E-state index in [0.29, 0.717) is 30.0 Å². The zero-order valence-corrected chi connectivity index (χ0v) is 20.6. The Labute approximate surface area is 215 Å². The van der Waals surface area contributed by atoms with Gasteiger partial charge in [-0.2, -0.15) is 4.99 Å². The minimum absolute atomic E-state index is 0.239. The maximum absolute atomic E-state index is 6.11. The molecule has 1 unspecified atom stereocenters. The summed E-state index contributed by atoms with van der Waals surface area (Å²) in [6, 6.07) is 27.7. The highest BCUT2D eigenvalue weighted by Crippen LogP contribution is 2.24. The third kappa shape index (κ3) is 5.67. The number of para-hydroxylation sites is 2. The summed E-state index contributed by atoms with van der Waals surface area (Å²) in [6.07, 6.45) is 1.54. The zero-order chi connectivity index (χ0) is 24.7. The minimum atomic E-state index is -0.239. The van der Waals surface area contributed by atoms with Gasteiger partial charge in [-0.25, -0.2) is 4.99 Å². The molecule has 0 spiro atoms. The van der Waals surface area contributed by atoms with Crippen LogP contribution in [0.2, 0.25) is 5.02 Å². The molecule has 4 N–H and O–H groups in total. The summed E-state index contributed by atoms with van der Waals surface area (Å²) in [7, 11) is 1.97. The largest absolute Gasteiger partial charge is 0.383 e. The lowest BCUT2D eigenvalue weighted by molar-refractivity contribution is 0.367. The van der Waals surface area contributed by atoms with Crippen molar-refractivity contribution in [1.82, 2.24) is 15.2 Å². The molecule has 1 atom stereocenters. The van der Waals surface area contributed by atoms with Crippen molar-refractivity contribution in [3.8, 4) is 0 Å². The Kier molecular flexibility index (Phi) is 7.14. The van der Waals surface area contributed by atoms with Crippen molar-refractivity contribution in [2.75, 3.05) is 36.1 Å². The summed E-state index contributed by atoms with van der Waals surface area (Å²) in [5.41, 5.74) is 3.79. The summed E-state index contributed by atoms with van der Waals surface area (Å²) in [4.78, 5) is 15.9. The average Bonchev–Trinajstić information content (AvgIpc) is 2.90. The van der Waals surface area contributed by atoms with Gasteiger partial charge in [0.25, 0.3) is 0 Å². The predicted molar refractivity (Wildman–Crippen MR) is 150 cm³/mol. The first kappa shape index (κ1) is 23.4. The molecule has 1 aliphatic heterocycles. The normalized spacial score (nSPS) is 16.4. The number of hydrogen-bond acceptors (Lipinski definition) is 6. The van der Waals surface area contributed by atoms with Gasteiger partial charge in [-0.3, -0.25) is 4.98 Å². The van der Waals surface area contributed by atoms with Gasteiger partial charge in [0.2, 0.25) is 11.9 Å². The Bertz CT molecular complexity index is 1370. The molecule has 0 aliphatic carbocycles. The van der Waals surface area contributed by atoms with Crippen LogP contribution < -0.4 is 21.3 Å². The summed E-state index contributed by atoms with van der Waals surface area (Å²) < 4.78 is 0. The summed E-state index contributed by atoms with van der Waals surface area (Å²) >= 11 is 6.11. The third-order valence-corrected chi connectivity index (χ3v) is 5.93. The van der Waals surface area contributed by atoms with Crippen molar-refractivity contribution < 1.29 is 0 Å². The first-order valence-electron chi connectivity index (χ1n) is 11.7. The highest BCUT2D eigenvalue weighted by atomic mass is 35.5. The quantitative estimate of drug-likeness (QED) is 0.266. The lowest BCUT2D eigenvalue weighted by atomic mass is 10.2. The van der Waals surface area contributed by atoms with Crippen molar-refractivity contribution in [3.63, 3.8) is 0 Å². The predicted octanol–water partition coefficient (Wildman–Crippen LogP) is 5.05. The molecule has 8 nitrogen and oxygen atoms in total. The second-order valence-corrected chi connectivity index (χ2v) is 8.68. The fraction of sp³-hybridized carbons (Fsp3) is 0.148. The maximum Gasteiger partial charge on any atom is 0.224 e. The fourth-order valence-electron chi connectivity index (χ4n) is 3.85. The number of fused-ring (bicyclic) bond motifs is 1. The summed E-state index contributed by atoms with van der Waals surface area (Å²) in [5, 5.41) is 15.4. The van der Waals surface area contributed by atoms with Gasteiger partial charge in [0.15, 0.2) is 6.29 Å². The molecule has 0 fully saturated rings. The number of guanidine groups is 2. The molecule has 36 heavy (non-hydrogen) atoms. The molecule has 0 bridgehead atoms. The second kappa shape index (κ2) is 11.0. The van der Waals surface area contributed by atoms with E-state index in [2.05, 4.69) is 26.3 Å². The van der Waals surface area contributed by atoms with Gasteiger partial charge < -0.3 is 26.2 Å². The summed E-state index contributed by atoms with van der Waals surface area (Å²) in [5.74, 6) is 1.24. The number of pyridine rings is 1. The Morgan fingerprint density at radius 3 is 2.50 bits per heavy atom. The van der Waals surface area contributed by atoms with Crippen molar-refractivity contribution in [2.24, 2.45) is 9.98 Å². The Morgan fingerprint density at radius 2 is 1.72 bits per heavy atom. The first-order valence-corrected chi connectivity index (χ1v) is 12.1. The van der Waals surface area contributed by atoms with E-state index < -0.39 is 0 Å². The van der Waals surface area contributed by atoms with E-state index >= 15 is 0 Å². The van der Waals surface area contributed by atoms with Gasteiger partial charge in [-0.15, -0.1) is 0 Å². The molecule has 3 aromatic carbocycles. The van der Waals surface area contributed by atoms with Crippen molar-refractivity contribution in [1.29, 1.82) is 0 Å². The highest BCUT2D eigenvalue weighted by molar-refractivity contribution is 6.31. The Balaban J connectivity index is 1.31. The topological polar surface area (TPSA) is 89.0 Å². The van der Waals surface area contributed by atoms with E-state index in [9.17, 15) is 0 Å².